The average molecular weight is 467 g/mol. The van der Waals surface area contributed by atoms with Gasteiger partial charge < -0.3 is 9.64 Å². The lowest BCUT2D eigenvalue weighted by atomic mass is 10.1. The Morgan fingerprint density at radius 1 is 1.14 bits per heavy atom. The monoisotopic (exact) mass is 466 g/mol. The summed E-state index contributed by atoms with van der Waals surface area (Å²) in [5, 5.41) is 0. The van der Waals surface area contributed by atoms with Crippen LogP contribution < -0.4 is 4.72 Å². The first-order chi connectivity index (χ1) is 13.2. The molecule has 0 radical (unpaired) electrons. The van der Waals surface area contributed by atoms with Crippen LogP contribution in [0, 0.1) is 6.92 Å². The van der Waals surface area contributed by atoms with Gasteiger partial charge in [-0.1, -0.05) is 12.1 Å². The lowest BCUT2D eigenvalue weighted by Gasteiger charge is -2.35. The molecule has 2 atom stereocenters. The number of carbonyl (C=O) groups is 1. The molecule has 0 saturated carbocycles. The highest BCUT2D eigenvalue weighted by molar-refractivity contribution is 9.10. The van der Waals surface area contributed by atoms with Crippen molar-refractivity contribution in [1.82, 2.24) is 4.90 Å². The molecule has 0 aromatic heterocycles. The molecule has 2 aromatic carbocycles. The SMILES string of the molecule is Cc1ccc(Br)c(NS(=O)(=O)c2cccc(C(=O)N3CC(C)OC(C)C3)c2)c1. The van der Waals surface area contributed by atoms with Crippen LogP contribution in [-0.4, -0.2) is 44.5 Å². The number of carbonyl (C=O) groups excluding carboxylic acids is 1. The molecule has 0 bridgehead atoms. The summed E-state index contributed by atoms with van der Waals surface area (Å²) in [6, 6.07) is 11.5. The number of halogens is 1. The molecular weight excluding hydrogens is 444 g/mol. The molecule has 1 fully saturated rings. The zero-order chi connectivity index (χ0) is 20.5. The van der Waals surface area contributed by atoms with Crippen LogP contribution in [0.25, 0.3) is 0 Å². The summed E-state index contributed by atoms with van der Waals surface area (Å²) in [6.07, 6.45) is -0.111. The van der Waals surface area contributed by atoms with E-state index >= 15 is 0 Å². The number of morpholine rings is 1. The minimum absolute atomic E-state index is 0.0427. The highest BCUT2D eigenvalue weighted by Crippen LogP contribution is 2.26. The number of nitrogens with one attached hydrogen (secondary N) is 1. The highest BCUT2D eigenvalue weighted by atomic mass is 79.9. The van der Waals surface area contributed by atoms with Crippen LogP contribution in [0.1, 0.15) is 29.8 Å². The fourth-order valence-electron chi connectivity index (χ4n) is 3.24. The molecule has 8 heteroatoms. The van der Waals surface area contributed by atoms with Crippen molar-refractivity contribution in [2.75, 3.05) is 17.8 Å². The smallest absolute Gasteiger partial charge is 0.261 e. The van der Waals surface area contributed by atoms with Crippen molar-refractivity contribution in [3.8, 4) is 0 Å². The molecule has 2 unspecified atom stereocenters. The van der Waals surface area contributed by atoms with E-state index in [9.17, 15) is 13.2 Å². The van der Waals surface area contributed by atoms with Crippen LogP contribution in [0.4, 0.5) is 5.69 Å². The average Bonchev–Trinajstić information content (AvgIpc) is 2.63. The number of anilines is 1. The Morgan fingerprint density at radius 3 is 2.50 bits per heavy atom. The van der Waals surface area contributed by atoms with Gasteiger partial charge in [-0.05, 0) is 72.6 Å². The predicted octanol–water partition coefficient (Wildman–Crippen LogP) is 3.81. The van der Waals surface area contributed by atoms with Crippen LogP contribution in [-0.2, 0) is 14.8 Å². The molecular formula is C20H23BrN2O4S. The Bertz CT molecular complexity index is 983. The molecule has 2 aromatic rings. The van der Waals surface area contributed by atoms with E-state index in [-0.39, 0.29) is 23.0 Å². The summed E-state index contributed by atoms with van der Waals surface area (Å²) in [4.78, 5) is 14.6. The third-order valence-electron chi connectivity index (χ3n) is 4.46. The lowest BCUT2D eigenvalue weighted by molar-refractivity contribution is -0.0586. The molecule has 1 N–H and O–H groups in total. The van der Waals surface area contributed by atoms with Gasteiger partial charge in [0.05, 0.1) is 22.8 Å². The van der Waals surface area contributed by atoms with Crippen molar-refractivity contribution in [1.29, 1.82) is 0 Å². The minimum Gasteiger partial charge on any atom is -0.372 e. The van der Waals surface area contributed by atoms with Crippen molar-refractivity contribution in [3.05, 3.63) is 58.1 Å². The van der Waals surface area contributed by atoms with Crippen molar-refractivity contribution < 1.29 is 17.9 Å². The molecule has 1 aliphatic heterocycles. The molecule has 28 heavy (non-hydrogen) atoms. The number of hydrogen-bond acceptors (Lipinski definition) is 4. The number of nitrogens with zero attached hydrogens (tertiary/aromatic N) is 1. The number of sulfonamides is 1. The van der Waals surface area contributed by atoms with E-state index in [4.69, 9.17) is 4.74 Å². The van der Waals surface area contributed by atoms with Crippen molar-refractivity contribution in [2.24, 2.45) is 0 Å². The van der Waals surface area contributed by atoms with Gasteiger partial charge in [0.25, 0.3) is 15.9 Å². The predicted molar refractivity (Wildman–Crippen MR) is 112 cm³/mol. The Labute approximate surface area is 174 Å². The Morgan fingerprint density at radius 2 is 1.82 bits per heavy atom. The number of rotatable bonds is 4. The van der Waals surface area contributed by atoms with Crippen LogP contribution >= 0.6 is 15.9 Å². The van der Waals surface area contributed by atoms with Gasteiger partial charge in [-0.2, -0.15) is 0 Å². The van der Waals surface area contributed by atoms with Crippen LogP contribution in [0.15, 0.2) is 51.8 Å². The fraction of sp³-hybridized carbons (Fsp3) is 0.350. The standard InChI is InChI=1S/C20H23BrN2O4S/c1-13-7-8-18(21)19(9-13)22-28(25,26)17-6-4-5-16(10-17)20(24)23-11-14(2)27-15(3)12-23/h4-10,14-15,22H,11-12H2,1-3H3. The van der Waals surface area contributed by atoms with Crippen molar-refractivity contribution >= 4 is 37.5 Å². The molecule has 1 saturated heterocycles. The van der Waals surface area contributed by atoms with Crippen LogP contribution in [0.3, 0.4) is 0 Å². The van der Waals surface area contributed by atoms with Crippen molar-refractivity contribution in [2.45, 2.75) is 37.9 Å². The molecule has 150 valence electrons. The van der Waals surface area contributed by atoms with Crippen molar-refractivity contribution in [3.63, 3.8) is 0 Å². The normalized spacial score (nSPS) is 20.1. The number of ether oxygens (including phenoxy) is 1. The van der Waals surface area contributed by atoms with E-state index in [0.717, 1.165) is 5.56 Å². The van der Waals surface area contributed by atoms with E-state index in [1.54, 1.807) is 29.2 Å². The van der Waals surface area contributed by atoms with E-state index < -0.39 is 10.0 Å². The van der Waals surface area contributed by atoms with Gasteiger partial charge in [0.2, 0.25) is 0 Å². The first kappa shape index (κ1) is 20.8. The van der Waals surface area contributed by atoms with E-state index in [1.807, 2.05) is 26.8 Å². The second kappa shape index (κ2) is 8.23. The fourth-order valence-corrected chi connectivity index (χ4v) is 4.84. The molecule has 1 heterocycles. The summed E-state index contributed by atoms with van der Waals surface area (Å²) in [6.45, 7) is 6.68. The molecule has 1 aliphatic rings. The Kier molecular flexibility index (Phi) is 6.12. The maximum Gasteiger partial charge on any atom is 0.261 e. The first-order valence-corrected chi connectivity index (χ1v) is 11.3. The second-order valence-corrected chi connectivity index (χ2v) is 9.62. The topological polar surface area (TPSA) is 75.7 Å². The van der Waals surface area contributed by atoms with Crippen LogP contribution in [0.2, 0.25) is 0 Å². The van der Waals surface area contributed by atoms with Crippen LogP contribution in [0.5, 0.6) is 0 Å². The van der Waals surface area contributed by atoms with Gasteiger partial charge in [0.15, 0.2) is 0 Å². The highest BCUT2D eigenvalue weighted by Gasteiger charge is 2.27. The minimum atomic E-state index is -3.84. The van der Waals surface area contributed by atoms with Gasteiger partial charge in [-0.25, -0.2) is 8.42 Å². The molecule has 3 rings (SSSR count). The van der Waals surface area contributed by atoms with Gasteiger partial charge >= 0.3 is 0 Å². The summed E-state index contributed by atoms with van der Waals surface area (Å²) in [5.74, 6) is -0.198. The third kappa shape index (κ3) is 4.74. The van der Waals surface area contributed by atoms with Gasteiger partial charge in [0, 0.05) is 23.1 Å². The molecule has 6 nitrogen and oxygen atoms in total. The third-order valence-corrected chi connectivity index (χ3v) is 6.52. The zero-order valence-electron chi connectivity index (χ0n) is 16.0. The molecule has 1 amide bonds. The number of amides is 1. The molecule has 0 aliphatic carbocycles. The van der Waals surface area contributed by atoms with Gasteiger partial charge in [-0.15, -0.1) is 0 Å². The number of aryl methyl sites for hydroxylation is 1. The number of benzene rings is 2. The first-order valence-electron chi connectivity index (χ1n) is 8.99. The lowest BCUT2D eigenvalue weighted by Crippen LogP contribution is -2.48. The van der Waals surface area contributed by atoms with Gasteiger partial charge in [-0.3, -0.25) is 9.52 Å². The van der Waals surface area contributed by atoms with E-state index in [1.165, 1.54) is 12.1 Å². The summed E-state index contributed by atoms with van der Waals surface area (Å²) >= 11 is 3.36. The summed E-state index contributed by atoms with van der Waals surface area (Å²) in [5.41, 5.74) is 1.72. The largest absolute Gasteiger partial charge is 0.372 e. The number of hydrogen-bond donors (Lipinski definition) is 1. The Balaban J connectivity index is 1.85. The van der Waals surface area contributed by atoms with E-state index in [0.29, 0.717) is 28.8 Å². The molecule has 0 spiro atoms. The van der Waals surface area contributed by atoms with Gasteiger partial charge in [0.1, 0.15) is 0 Å². The Hall–Kier alpha value is -1.90. The maximum atomic E-state index is 12.9. The second-order valence-electron chi connectivity index (χ2n) is 7.08. The summed E-state index contributed by atoms with van der Waals surface area (Å²) < 4.78 is 34.6. The maximum absolute atomic E-state index is 12.9. The summed E-state index contributed by atoms with van der Waals surface area (Å²) in [7, 11) is -3.84. The quantitative estimate of drug-likeness (QED) is 0.742. The zero-order valence-corrected chi connectivity index (χ0v) is 18.4. The van der Waals surface area contributed by atoms with E-state index in [2.05, 4.69) is 20.7 Å².